The average Bonchev–Trinajstić information content (AvgIpc) is 2.94. The molecular formula is C16H26IN3O2S2. The van der Waals surface area contributed by atoms with Gasteiger partial charge in [-0.3, -0.25) is 4.99 Å². The molecule has 1 aromatic carbocycles. The van der Waals surface area contributed by atoms with E-state index in [0.29, 0.717) is 11.4 Å². The van der Waals surface area contributed by atoms with Crippen LogP contribution in [0.4, 0.5) is 0 Å². The van der Waals surface area contributed by atoms with Crippen LogP contribution in [-0.4, -0.2) is 44.7 Å². The Bertz CT molecular complexity index is 654. The zero-order chi connectivity index (χ0) is 16.9. The molecule has 136 valence electrons. The Morgan fingerprint density at radius 2 is 1.96 bits per heavy atom. The Morgan fingerprint density at radius 3 is 2.46 bits per heavy atom. The molecule has 2 N–H and O–H groups in total. The van der Waals surface area contributed by atoms with Crippen LogP contribution < -0.4 is 10.6 Å². The van der Waals surface area contributed by atoms with Crippen molar-refractivity contribution < 1.29 is 8.42 Å². The minimum absolute atomic E-state index is 0. The van der Waals surface area contributed by atoms with Gasteiger partial charge in [-0.15, -0.1) is 24.0 Å². The molecule has 1 heterocycles. The molecule has 1 unspecified atom stereocenters. The van der Waals surface area contributed by atoms with Gasteiger partial charge in [-0.1, -0.05) is 12.1 Å². The lowest BCUT2D eigenvalue weighted by atomic mass is 10.1. The van der Waals surface area contributed by atoms with Crippen molar-refractivity contribution in [1.82, 2.24) is 10.6 Å². The molecule has 1 atom stereocenters. The van der Waals surface area contributed by atoms with Gasteiger partial charge in [-0.2, -0.15) is 11.8 Å². The zero-order valence-corrected chi connectivity index (χ0v) is 18.3. The molecular weight excluding hydrogens is 457 g/mol. The Hall–Kier alpha value is -0.480. The molecule has 0 amide bonds. The number of nitrogens with one attached hydrogen (secondary N) is 2. The summed E-state index contributed by atoms with van der Waals surface area (Å²) in [5.74, 6) is 2.00. The maximum Gasteiger partial charge on any atom is 0.191 e. The number of guanidine groups is 1. The average molecular weight is 483 g/mol. The predicted octanol–water partition coefficient (Wildman–Crippen LogP) is 2.66. The number of hydrogen-bond acceptors (Lipinski definition) is 4. The van der Waals surface area contributed by atoms with Crippen LogP contribution in [0.15, 0.2) is 34.2 Å². The van der Waals surface area contributed by atoms with Crippen molar-refractivity contribution in [3.8, 4) is 0 Å². The lowest BCUT2D eigenvalue weighted by Crippen LogP contribution is -2.43. The van der Waals surface area contributed by atoms with E-state index in [1.165, 1.54) is 24.9 Å². The first-order chi connectivity index (χ1) is 10.8. The second-order valence-electron chi connectivity index (χ2n) is 6.10. The molecule has 5 nitrogen and oxygen atoms in total. The number of rotatable bonds is 5. The summed E-state index contributed by atoms with van der Waals surface area (Å²) >= 11 is 2.01. The number of hydrogen-bond donors (Lipinski definition) is 2. The molecule has 1 saturated heterocycles. The third kappa shape index (κ3) is 6.44. The van der Waals surface area contributed by atoms with Gasteiger partial charge < -0.3 is 10.6 Å². The molecule has 0 aromatic heterocycles. The fourth-order valence-corrected chi connectivity index (χ4v) is 4.38. The van der Waals surface area contributed by atoms with Gasteiger partial charge in [0.15, 0.2) is 15.8 Å². The van der Waals surface area contributed by atoms with Crippen LogP contribution in [0.5, 0.6) is 0 Å². The van der Waals surface area contributed by atoms with Crippen LogP contribution >= 0.6 is 35.7 Å². The van der Waals surface area contributed by atoms with Crippen molar-refractivity contribution in [3.05, 3.63) is 29.8 Å². The highest BCUT2D eigenvalue weighted by atomic mass is 127. The molecule has 0 spiro atoms. The second kappa shape index (κ2) is 9.28. The molecule has 1 aromatic rings. The molecule has 0 radical (unpaired) electrons. The first-order valence-electron chi connectivity index (χ1n) is 7.70. The van der Waals surface area contributed by atoms with Gasteiger partial charge in [0, 0.05) is 31.1 Å². The molecule has 1 fully saturated rings. The van der Waals surface area contributed by atoms with E-state index in [2.05, 4.69) is 22.5 Å². The molecule has 0 saturated carbocycles. The summed E-state index contributed by atoms with van der Waals surface area (Å²) < 4.78 is 23.2. The maximum absolute atomic E-state index is 11.5. The lowest BCUT2D eigenvalue weighted by Gasteiger charge is -2.24. The fraction of sp³-hybridized carbons (Fsp3) is 0.562. The van der Waals surface area contributed by atoms with E-state index in [4.69, 9.17) is 0 Å². The van der Waals surface area contributed by atoms with E-state index >= 15 is 0 Å². The van der Waals surface area contributed by atoms with E-state index in [1.807, 2.05) is 23.9 Å². The Labute approximate surface area is 166 Å². The Morgan fingerprint density at radius 1 is 1.29 bits per heavy atom. The van der Waals surface area contributed by atoms with Crippen LogP contribution in [0, 0.1) is 0 Å². The zero-order valence-electron chi connectivity index (χ0n) is 14.3. The minimum Gasteiger partial charge on any atom is -0.355 e. The molecule has 1 aliphatic rings. The standard InChI is InChI=1S/C16H25N3O2S2.HI/c1-16(9-4-10-22-16)12-19-15(17-2)18-11-13-5-7-14(8-6-13)23(3,20)21;/h5-8H,4,9-12H2,1-3H3,(H2,17,18,19);1H. The van der Waals surface area contributed by atoms with E-state index in [0.717, 1.165) is 18.1 Å². The Balaban J connectivity index is 0.00000288. The summed E-state index contributed by atoms with van der Waals surface area (Å²) in [7, 11) is -1.38. The van der Waals surface area contributed by atoms with Crippen LogP contribution in [0.25, 0.3) is 0 Å². The summed E-state index contributed by atoms with van der Waals surface area (Å²) in [5, 5.41) is 6.65. The number of nitrogens with zero attached hydrogens (tertiary/aromatic N) is 1. The summed E-state index contributed by atoms with van der Waals surface area (Å²) in [6, 6.07) is 6.92. The number of thioether (sulfide) groups is 1. The van der Waals surface area contributed by atoms with Crippen molar-refractivity contribution >= 4 is 51.5 Å². The SMILES string of the molecule is CN=C(NCc1ccc(S(C)(=O)=O)cc1)NCC1(C)CCCS1.I. The summed E-state index contributed by atoms with van der Waals surface area (Å²) in [6.07, 6.45) is 3.73. The normalized spacial score (nSPS) is 21.2. The van der Waals surface area contributed by atoms with Gasteiger partial charge in [0.1, 0.15) is 0 Å². The van der Waals surface area contributed by atoms with Gasteiger partial charge in [0.25, 0.3) is 0 Å². The fourth-order valence-electron chi connectivity index (χ4n) is 2.51. The van der Waals surface area contributed by atoms with E-state index < -0.39 is 9.84 Å². The van der Waals surface area contributed by atoms with Gasteiger partial charge >= 0.3 is 0 Å². The largest absolute Gasteiger partial charge is 0.355 e. The van der Waals surface area contributed by atoms with Gasteiger partial charge in [-0.05, 0) is 43.2 Å². The molecule has 24 heavy (non-hydrogen) atoms. The van der Waals surface area contributed by atoms with Crippen LogP contribution in [0.2, 0.25) is 0 Å². The first kappa shape index (κ1) is 21.6. The predicted molar refractivity (Wildman–Crippen MR) is 113 cm³/mol. The first-order valence-corrected chi connectivity index (χ1v) is 10.6. The highest BCUT2D eigenvalue weighted by molar-refractivity contribution is 14.0. The molecule has 0 aliphatic carbocycles. The number of benzene rings is 1. The molecule has 0 bridgehead atoms. The lowest BCUT2D eigenvalue weighted by molar-refractivity contribution is 0.584. The molecule has 2 rings (SSSR count). The highest BCUT2D eigenvalue weighted by Crippen LogP contribution is 2.36. The van der Waals surface area contributed by atoms with Crippen molar-refractivity contribution in [1.29, 1.82) is 0 Å². The number of aliphatic imine (C=N–C) groups is 1. The van der Waals surface area contributed by atoms with Crippen LogP contribution in [0.1, 0.15) is 25.3 Å². The maximum atomic E-state index is 11.5. The summed E-state index contributed by atoms with van der Waals surface area (Å²) in [5.41, 5.74) is 1.02. The van der Waals surface area contributed by atoms with Crippen LogP contribution in [0.3, 0.4) is 0 Å². The monoisotopic (exact) mass is 483 g/mol. The third-order valence-electron chi connectivity index (χ3n) is 3.97. The molecule has 8 heteroatoms. The van der Waals surface area contributed by atoms with Gasteiger partial charge in [-0.25, -0.2) is 8.42 Å². The highest BCUT2D eigenvalue weighted by Gasteiger charge is 2.29. The van der Waals surface area contributed by atoms with Crippen molar-refractivity contribution in [2.75, 3.05) is 25.6 Å². The van der Waals surface area contributed by atoms with Gasteiger partial charge in [0.05, 0.1) is 4.90 Å². The van der Waals surface area contributed by atoms with Gasteiger partial charge in [0.2, 0.25) is 0 Å². The smallest absolute Gasteiger partial charge is 0.191 e. The second-order valence-corrected chi connectivity index (χ2v) is 9.80. The Kier molecular flexibility index (Phi) is 8.34. The number of sulfone groups is 1. The van der Waals surface area contributed by atoms with E-state index in [-0.39, 0.29) is 28.7 Å². The van der Waals surface area contributed by atoms with Crippen molar-refractivity contribution in [2.24, 2.45) is 4.99 Å². The van der Waals surface area contributed by atoms with Crippen molar-refractivity contribution in [3.63, 3.8) is 0 Å². The van der Waals surface area contributed by atoms with Crippen molar-refractivity contribution in [2.45, 2.75) is 36.0 Å². The summed E-state index contributed by atoms with van der Waals surface area (Å²) in [6.45, 7) is 3.78. The topological polar surface area (TPSA) is 70.6 Å². The quantitative estimate of drug-likeness (QED) is 0.383. The van der Waals surface area contributed by atoms with E-state index in [9.17, 15) is 8.42 Å². The molecule has 1 aliphatic heterocycles. The van der Waals surface area contributed by atoms with E-state index in [1.54, 1.807) is 19.2 Å². The van der Waals surface area contributed by atoms with Crippen LogP contribution in [-0.2, 0) is 16.4 Å². The minimum atomic E-state index is -3.14. The number of halogens is 1. The third-order valence-corrected chi connectivity index (χ3v) is 6.63. The summed E-state index contributed by atoms with van der Waals surface area (Å²) in [4.78, 5) is 4.58.